The lowest BCUT2D eigenvalue weighted by Gasteiger charge is -2.33. The molecule has 0 spiro atoms. The zero-order valence-corrected chi connectivity index (χ0v) is 16.1. The van der Waals surface area contributed by atoms with E-state index in [-0.39, 0.29) is 4.65 Å². The Kier molecular flexibility index (Phi) is 4.27. The van der Waals surface area contributed by atoms with Gasteiger partial charge in [-0.25, -0.2) is 15.2 Å². The average molecular weight is 384 g/mol. The summed E-state index contributed by atoms with van der Waals surface area (Å²) in [6, 6.07) is 14.4. The SMILES string of the molecule is N#Cc1cc2c(cn1)[nH]c1ncc(-c3ccc(C[N+]4(O)CCCCC4)cc3)cc12. The monoisotopic (exact) mass is 384 g/mol. The van der Waals surface area contributed by atoms with Crippen molar-refractivity contribution in [2.24, 2.45) is 0 Å². The van der Waals surface area contributed by atoms with Crippen LogP contribution in [0.5, 0.6) is 0 Å². The summed E-state index contributed by atoms with van der Waals surface area (Å²) in [7, 11) is 0. The molecule has 144 valence electrons. The summed E-state index contributed by atoms with van der Waals surface area (Å²) < 4.78 is 0.150. The van der Waals surface area contributed by atoms with Crippen molar-refractivity contribution in [1.82, 2.24) is 15.0 Å². The van der Waals surface area contributed by atoms with Crippen LogP contribution >= 0.6 is 0 Å². The zero-order chi connectivity index (χ0) is 19.8. The first-order valence-corrected chi connectivity index (χ1v) is 9.99. The van der Waals surface area contributed by atoms with Gasteiger partial charge >= 0.3 is 0 Å². The molecule has 0 bridgehead atoms. The molecule has 4 heterocycles. The highest BCUT2D eigenvalue weighted by Crippen LogP contribution is 2.29. The maximum atomic E-state index is 10.7. The molecule has 0 unspecified atom stereocenters. The second-order valence-electron chi connectivity index (χ2n) is 7.93. The van der Waals surface area contributed by atoms with Crippen molar-refractivity contribution in [3.8, 4) is 17.2 Å². The minimum atomic E-state index is 0.150. The van der Waals surface area contributed by atoms with E-state index in [1.165, 1.54) is 6.42 Å². The van der Waals surface area contributed by atoms with Gasteiger partial charge in [0.05, 0.1) is 11.7 Å². The van der Waals surface area contributed by atoms with Gasteiger partial charge in [0.1, 0.15) is 37.0 Å². The van der Waals surface area contributed by atoms with Crippen LogP contribution in [-0.4, -0.2) is 37.9 Å². The highest BCUT2D eigenvalue weighted by molar-refractivity contribution is 6.06. The average Bonchev–Trinajstić information content (AvgIpc) is 3.11. The molecule has 3 aromatic heterocycles. The minimum absolute atomic E-state index is 0.150. The van der Waals surface area contributed by atoms with Gasteiger partial charge < -0.3 is 4.98 Å². The maximum absolute atomic E-state index is 10.7. The first-order chi connectivity index (χ1) is 14.1. The molecule has 29 heavy (non-hydrogen) atoms. The van der Waals surface area contributed by atoms with E-state index in [0.29, 0.717) is 12.2 Å². The van der Waals surface area contributed by atoms with E-state index >= 15 is 0 Å². The van der Waals surface area contributed by atoms with Crippen LogP contribution in [0.25, 0.3) is 33.1 Å². The third-order valence-electron chi connectivity index (χ3n) is 5.86. The van der Waals surface area contributed by atoms with E-state index in [1.807, 2.05) is 6.20 Å². The van der Waals surface area contributed by atoms with Gasteiger partial charge in [0, 0.05) is 28.1 Å². The van der Waals surface area contributed by atoms with E-state index in [9.17, 15) is 5.21 Å². The lowest BCUT2D eigenvalue weighted by atomic mass is 10.0. The minimum Gasteiger partial charge on any atom is -0.338 e. The number of hydrogen-bond acceptors (Lipinski definition) is 4. The van der Waals surface area contributed by atoms with Crippen molar-refractivity contribution >= 4 is 21.9 Å². The molecule has 0 atom stereocenters. The topological polar surface area (TPSA) is 85.6 Å². The first-order valence-electron chi connectivity index (χ1n) is 9.99. The standard InChI is InChI=1S/C23H22N5O/c24-12-19-11-20-21-10-18(13-26-23(21)27-22(20)14-25-19)17-6-4-16(5-7-17)15-28(29)8-2-1-3-9-28/h4-7,10-11,13-14,29H,1-3,8-9,15H2,(H,26,27)/q+1. The predicted octanol–water partition coefficient (Wildman–Crippen LogP) is 4.54. The second-order valence-corrected chi connectivity index (χ2v) is 7.93. The molecule has 2 N–H and O–H groups in total. The molecule has 5 rings (SSSR count). The van der Waals surface area contributed by atoms with Crippen LogP contribution in [0.2, 0.25) is 0 Å². The molecular weight excluding hydrogens is 362 g/mol. The molecule has 1 aliphatic rings. The third-order valence-corrected chi connectivity index (χ3v) is 5.86. The number of nitrogens with zero attached hydrogens (tertiary/aromatic N) is 4. The molecular formula is C23H22N5O+. The Bertz CT molecular complexity index is 1230. The summed E-state index contributed by atoms with van der Waals surface area (Å²) >= 11 is 0. The van der Waals surface area contributed by atoms with Gasteiger partial charge in [-0.15, -0.1) is 0 Å². The molecule has 1 aliphatic heterocycles. The molecule has 0 aliphatic carbocycles. The fraction of sp³-hybridized carbons (Fsp3) is 0.261. The Morgan fingerprint density at radius 3 is 2.52 bits per heavy atom. The number of pyridine rings is 2. The van der Waals surface area contributed by atoms with Crippen LogP contribution in [-0.2, 0) is 6.54 Å². The normalized spacial score (nSPS) is 16.1. The molecule has 0 radical (unpaired) electrons. The van der Waals surface area contributed by atoms with Crippen molar-refractivity contribution in [1.29, 1.82) is 5.26 Å². The number of rotatable bonds is 3. The molecule has 1 aromatic carbocycles. The van der Waals surface area contributed by atoms with Gasteiger partial charge in [0.2, 0.25) is 0 Å². The smallest absolute Gasteiger partial charge is 0.141 e. The van der Waals surface area contributed by atoms with Gasteiger partial charge in [-0.3, -0.25) is 0 Å². The number of hydroxylamine groups is 3. The number of likely N-dealkylation sites (tertiary alicyclic amines) is 1. The van der Waals surface area contributed by atoms with E-state index in [0.717, 1.165) is 64.6 Å². The number of H-pyrrole nitrogens is 1. The zero-order valence-electron chi connectivity index (χ0n) is 16.1. The van der Waals surface area contributed by atoms with Crippen molar-refractivity contribution in [2.45, 2.75) is 25.8 Å². The number of aromatic nitrogens is 3. The Balaban J connectivity index is 1.47. The molecule has 6 heteroatoms. The van der Waals surface area contributed by atoms with Crippen LogP contribution in [0.4, 0.5) is 0 Å². The van der Waals surface area contributed by atoms with Crippen molar-refractivity contribution in [3.05, 3.63) is 60.0 Å². The summed E-state index contributed by atoms with van der Waals surface area (Å²) in [4.78, 5) is 11.9. The highest BCUT2D eigenvalue weighted by Gasteiger charge is 2.28. The Morgan fingerprint density at radius 1 is 0.966 bits per heavy atom. The van der Waals surface area contributed by atoms with Crippen LogP contribution in [0.1, 0.15) is 30.5 Å². The first kappa shape index (κ1) is 17.8. The summed E-state index contributed by atoms with van der Waals surface area (Å²) in [5.74, 6) is 0. The molecule has 6 nitrogen and oxygen atoms in total. The van der Waals surface area contributed by atoms with Crippen molar-refractivity contribution in [2.75, 3.05) is 13.1 Å². The Hall–Kier alpha value is -3.27. The number of piperidine rings is 1. The summed E-state index contributed by atoms with van der Waals surface area (Å²) in [5.41, 5.74) is 5.30. The van der Waals surface area contributed by atoms with E-state index in [4.69, 9.17) is 5.26 Å². The lowest BCUT2D eigenvalue weighted by molar-refractivity contribution is -1.12. The van der Waals surface area contributed by atoms with Gasteiger partial charge in [0.15, 0.2) is 0 Å². The number of nitriles is 1. The quantitative estimate of drug-likeness (QED) is 0.508. The van der Waals surface area contributed by atoms with E-state index < -0.39 is 0 Å². The largest absolute Gasteiger partial charge is 0.338 e. The Morgan fingerprint density at radius 2 is 1.76 bits per heavy atom. The van der Waals surface area contributed by atoms with E-state index in [2.05, 4.69) is 51.4 Å². The number of hydrogen-bond donors (Lipinski definition) is 2. The van der Waals surface area contributed by atoms with Crippen molar-refractivity contribution in [3.63, 3.8) is 0 Å². The molecule has 0 amide bonds. The fourth-order valence-electron chi connectivity index (χ4n) is 4.30. The van der Waals surface area contributed by atoms with E-state index in [1.54, 1.807) is 12.3 Å². The molecule has 0 saturated carbocycles. The number of quaternary nitrogens is 1. The van der Waals surface area contributed by atoms with Gasteiger partial charge in [0.25, 0.3) is 0 Å². The number of nitrogens with one attached hydrogen (secondary N) is 1. The second kappa shape index (κ2) is 6.96. The van der Waals surface area contributed by atoms with Gasteiger partial charge in [-0.05, 0) is 37.0 Å². The van der Waals surface area contributed by atoms with Crippen LogP contribution in [0.15, 0.2) is 48.8 Å². The fourth-order valence-corrected chi connectivity index (χ4v) is 4.30. The summed E-state index contributed by atoms with van der Waals surface area (Å²) in [6.45, 7) is 2.33. The third kappa shape index (κ3) is 3.35. The Labute approximate surface area is 168 Å². The number of benzene rings is 1. The number of aromatic amines is 1. The van der Waals surface area contributed by atoms with Crippen LogP contribution in [0.3, 0.4) is 0 Å². The molecule has 1 saturated heterocycles. The predicted molar refractivity (Wildman–Crippen MR) is 111 cm³/mol. The van der Waals surface area contributed by atoms with Crippen molar-refractivity contribution < 1.29 is 9.85 Å². The number of fused-ring (bicyclic) bond motifs is 3. The summed E-state index contributed by atoms with van der Waals surface area (Å²) in [6.07, 6.45) is 6.94. The van der Waals surface area contributed by atoms with Crippen LogP contribution < -0.4 is 0 Å². The molecule has 1 fully saturated rings. The van der Waals surface area contributed by atoms with Gasteiger partial charge in [-0.2, -0.15) is 9.91 Å². The maximum Gasteiger partial charge on any atom is 0.141 e. The lowest BCUT2D eigenvalue weighted by Crippen LogP contribution is -2.47. The van der Waals surface area contributed by atoms with Gasteiger partial charge in [-0.1, -0.05) is 24.3 Å². The highest BCUT2D eigenvalue weighted by atomic mass is 16.5. The summed E-state index contributed by atoms with van der Waals surface area (Å²) in [5, 5.41) is 21.8. The van der Waals surface area contributed by atoms with Crippen LogP contribution in [0, 0.1) is 11.3 Å². The molecule has 4 aromatic rings.